The van der Waals surface area contributed by atoms with Gasteiger partial charge in [-0.1, -0.05) is 11.3 Å². The third-order valence-corrected chi connectivity index (χ3v) is 8.49. The molecule has 0 spiro atoms. The average Bonchev–Trinajstić information content (AvgIpc) is 3.12. The summed E-state index contributed by atoms with van der Waals surface area (Å²) in [5.74, 6) is -0.934. The van der Waals surface area contributed by atoms with Gasteiger partial charge in [0.25, 0.3) is 5.91 Å². The smallest absolute Gasteiger partial charge is 0.337 e. The summed E-state index contributed by atoms with van der Waals surface area (Å²) in [7, 11) is -0.596. The topological polar surface area (TPSA) is 107 Å². The fourth-order valence-electron chi connectivity index (χ4n) is 3.88. The number of morpholine rings is 1. The number of benzene rings is 2. The quantitative estimate of drug-likeness (QED) is 0.507. The van der Waals surface area contributed by atoms with Gasteiger partial charge in [-0.15, -0.1) is 0 Å². The Hall–Kier alpha value is -2.86. The molecule has 9 nitrogen and oxygen atoms in total. The molecule has 2 unspecified atom stereocenters. The molecule has 0 aliphatic carbocycles. The fourth-order valence-corrected chi connectivity index (χ4v) is 6.53. The van der Waals surface area contributed by atoms with Gasteiger partial charge in [-0.25, -0.2) is 13.2 Å². The van der Waals surface area contributed by atoms with Gasteiger partial charge in [0.1, 0.15) is 0 Å². The normalized spacial score (nSPS) is 19.9. The summed E-state index contributed by atoms with van der Waals surface area (Å²) in [4.78, 5) is 29.4. The van der Waals surface area contributed by atoms with E-state index in [9.17, 15) is 18.0 Å². The minimum Gasteiger partial charge on any atom is -0.465 e. The Balaban J connectivity index is 1.60. The number of ether oxygens (including phenoxy) is 2. The number of fused-ring (bicyclic) bond motifs is 1. The Morgan fingerprint density at radius 3 is 2.29 bits per heavy atom. The third-order valence-electron chi connectivity index (χ3n) is 5.55. The second-order valence-corrected chi connectivity index (χ2v) is 11.1. The first kappa shape index (κ1) is 24.3. The molecule has 1 fully saturated rings. The predicted molar refractivity (Wildman–Crippen MR) is 127 cm³/mol. The fraction of sp³-hybridized carbons (Fsp3) is 0.348. The number of hydrogen-bond donors (Lipinski definition) is 0. The number of thiazole rings is 1. The summed E-state index contributed by atoms with van der Waals surface area (Å²) in [6, 6.07) is 10.9. The summed E-state index contributed by atoms with van der Waals surface area (Å²) in [5.41, 5.74) is 1.51. The van der Waals surface area contributed by atoms with Gasteiger partial charge in [0, 0.05) is 25.7 Å². The summed E-state index contributed by atoms with van der Waals surface area (Å²) in [6.07, 6.45) is -0.382. The number of aromatic nitrogens is 1. The summed E-state index contributed by atoms with van der Waals surface area (Å²) in [5, 5.41) is 0. The molecule has 2 heterocycles. The highest BCUT2D eigenvalue weighted by atomic mass is 32.2. The molecule has 0 radical (unpaired) electrons. The molecule has 0 saturated carbocycles. The summed E-state index contributed by atoms with van der Waals surface area (Å²) >= 11 is 1.27. The number of rotatable bonds is 4. The molecule has 11 heteroatoms. The maximum absolute atomic E-state index is 13.0. The predicted octanol–water partition coefficient (Wildman–Crippen LogP) is 2.57. The van der Waals surface area contributed by atoms with E-state index in [0.717, 1.165) is 10.2 Å². The highest BCUT2D eigenvalue weighted by molar-refractivity contribution is 7.89. The zero-order valence-electron chi connectivity index (χ0n) is 19.2. The van der Waals surface area contributed by atoms with Crippen molar-refractivity contribution in [3.63, 3.8) is 0 Å². The second kappa shape index (κ2) is 9.41. The van der Waals surface area contributed by atoms with E-state index in [-0.39, 0.29) is 35.8 Å². The Kier molecular flexibility index (Phi) is 6.72. The first-order chi connectivity index (χ1) is 16.1. The number of amides is 1. The molecular formula is C23H25N3O6S2. The van der Waals surface area contributed by atoms with Crippen LogP contribution in [0, 0.1) is 0 Å². The lowest BCUT2D eigenvalue weighted by Gasteiger charge is -2.34. The number of methoxy groups -OCH3 is 1. The van der Waals surface area contributed by atoms with Gasteiger partial charge in [-0.05, 0) is 56.3 Å². The molecule has 34 heavy (non-hydrogen) atoms. The van der Waals surface area contributed by atoms with Crippen LogP contribution in [0.1, 0.15) is 34.6 Å². The van der Waals surface area contributed by atoms with Gasteiger partial charge in [0.05, 0.1) is 40.0 Å². The molecule has 3 aromatic rings. The number of hydrogen-bond acceptors (Lipinski definition) is 7. The van der Waals surface area contributed by atoms with Crippen molar-refractivity contribution < 1.29 is 27.5 Å². The Morgan fingerprint density at radius 2 is 1.68 bits per heavy atom. The zero-order chi connectivity index (χ0) is 24.6. The van der Waals surface area contributed by atoms with E-state index in [1.54, 1.807) is 29.8 Å². The maximum Gasteiger partial charge on any atom is 0.337 e. The molecule has 4 rings (SSSR count). The van der Waals surface area contributed by atoms with Crippen molar-refractivity contribution in [3.05, 3.63) is 58.4 Å². The Labute approximate surface area is 201 Å². The van der Waals surface area contributed by atoms with Crippen LogP contribution in [0.5, 0.6) is 0 Å². The van der Waals surface area contributed by atoms with Crippen molar-refractivity contribution in [2.45, 2.75) is 31.0 Å². The number of carbonyl (C=O) groups is 2. The molecule has 1 aromatic heterocycles. The lowest BCUT2D eigenvalue weighted by atomic mass is 10.2. The van der Waals surface area contributed by atoms with Crippen molar-refractivity contribution in [1.82, 2.24) is 8.87 Å². The molecule has 2 atom stereocenters. The monoisotopic (exact) mass is 503 g/mol. The van der Waals surface area contributed by atoms with Gasteiger partial charge in [-0.3, -0.25) is 4.79 Å². The summed E-state index contributed by atoms with van der Waals surface area (Å²) in [6.45, 7) is 4.24. The van der Waals surface area contributed by atoms with Crippen LogP contribution in [0.3, 0.4) is 0 Å². The van der Waals surface area contributed by atoms with E-state index >= 15 is 0 Å². The van der Waals surface area contributed by atoms with Gasteiger partial charge < -0.3 is 14.0 Å². The molecular weight excluding hydrogens is 478 g/mol. The number of esters is 1. The first-order valence-electron chi connectivity index (χ1n) is 10.6. The molecule has 2 aromatic carbocycles. The molecule has 0 N–H and O–H groups in total. The van der Waals surface area contributed by atoms with Crippen molar-refractivity contribution in [2.75, 3.05) is 20.2 Å². The van der Waals surface area contributed by atoms with Crippen LogP contribution >= 0.6 is 11.3 Å². The number of nitrogens with zero attached hydrogens (tertiary/aromatic N) is 3. The average molecular weight is 504 g/mol. The van der Waals surface area contributed by atoms with Gasteiger partial charge >= 0.3 is 5.97 Å². The van der Waals surface area contributed by atoms with E-state index in [4.69, 9.17) is 9.47 Å². The molecule has 180 valence electrons. The highest BCUT2D eigenvalue weighted by Gasteiger charge is 2.32. The van der Waals surface area contributed by atoms with E-state index in [1.165, 1.54) is 47.0 Å². The van der Waals surface area contributed by atoms with Crippen LogP contribution in [-0.2, 0) is 26.5 Å². The van der Waals surface area contributed by atoms with Crippen LogP contribution < -0.4 is 4.80 Å². The Bertz CT molecular complexity index is 1410. The van der Waals surface area contributed by atoms with Gasteiger partial charge in [-0.2, -0.15) is 9.30 Å². The van der Waals surface area contributed by atoms with Crippen molar-refractivity contribution in [3.8, 4) is 0 Å². The van der Waals surface area contributed by atoms with Crippen LogP contribution in [0.4, 0.5) is 0 Å². The highest BCUT2D eigenvalue weighted by Crippen LogP contribution is 2.22. The van der Waals surface area contributed by atoms with Gasteiger partial charge in [0.2, 0.25) is 10.0 Å². The summed E-state index contributed by atoms with van der Waals surface area (Å²) < 4.78 is 40.4. The van der Waals surface area contributed by atoms with E-state index in [1.807, 2.05) is 13.8 Å². The van der Waals surface area contributed by atoms with Crippen molar-refractivity contribution in [2.24, 2.45) is 12.0 Å². The molecule has 1 aliphatic rings. The third kappa shape index (κ3) is 4.69. The van der Waals surface area contributed by atoms with E-state index < -0.39 is 21.9 Å². The number of aryl methyl sites for hydroxylation is 1. The lowest BCUT2D eigenvalue weighted by Crippen LogP contribution is -2.48. The largest absolute Gasteiger partial charge is 0.465 e. The SMILES string of the molecule is COC(=O)c1ccc2c(c1)sc(=NC(=O)c1ccc(S(=O)(=O)N3CC(C)OC(C)C3)cc1)n2C. The molecule has 1 aliphatic heterocycles. The minimum atomic E-state index is -3.70. The Morgan fingerprint density at radius 1 is 1.06 bits per heavy atom. The number of sulfonamides is 1. The zero-order valence-corrected chi connectivity index (χ0v) is 20.9. The standard InChI is InChI=1S/C23H25N3O6S2/c1-14-12-26(13-15(2)32-14)34(29,30)18-8-5-16(6-9-18)21(27)24-23-25(3)19-10-7-17(22(28)31-4)11-20(19)33-23/h5-11,14-15H,12-13H2,1-4H3. The van der Waals surface area contributed by atoms with Crippen molar-refractivity contribution >= 4 is 43.5 Å². The van der Waals surface area contributed by atoms with Crippen LogP contribution in [-0.4, -0.2) is 61.6 Å². The molecule has 1 saturated heterocycles. The number of carbonyl (C=O) groups excluding carboxylic acids is 2. The maximum atomic E-state index is 13.0. The van der Waals surface area contributed by atoms with Crippen LogP contribution in [0.2, 0.25) is 0 Å². The van der Waals surface area contributed by atoms with Gasteiger partial charge in [0.15, 0.2) is 4.80 Å². The van der Waals surface area contributed by atoms with Crippen molar-refractivity contribution in [1.29, 1.82) is 0 Å². The second-order valence-electron chi connectivity index (χ2n) is 8.14. The molecule has 1 amide bonds. The van der Waals surface area contributed by atoms with Crippen LogP contribution in [0.25, 0.3) is 10.2 Å². The van der Waals surface area contributed by atoms with Crippen LogP contribution in [0.15, 0.2) is 52.4 Å². The first-order valence-corrected chi connectivity index (χ1v) is 12.9. The van der Waals surface area contributed by atoms with E-state index in [0.29, 0.717) is 10.4 Å². The minimum absolute atomic E-state index is 0.119. The van der Waals surface area contributed by atoms with E-state index in [2.05, 4.69) is 4.99 Å². The molecule has 0 bridgehead atoms. The lowest BCUT2D eigenvalue weighted by molar-refractivity contribution is -0.0440.